The first kappa shape index (κ1) is 20.3. The van der Waals surface area contributed by atoms with Crippen LogP contribution in [0.15, 0.2) is 66.7 Å². The summed E-state index contributed by atoms with van der Waals surface area (Å²) >= 11 is 0. The van der Waals surface area contributed by atoms with E-state index < -0.39 is 0 Å². The lowest BCUT2D eigenvalue weighted by atomic mass is 9.93. The highest BCUT2D eigenvalue weighted by Gasteiger charge is 2.37. The van der Waals surface area contributed by atoms with Crippen molar-refractivity contribution < 1.29 is 4.79 Å². The van der Waals surface area contributed by atoms with Gasteiger partial charge in [0.05, 0.1) is 12.5 Å². The minimum Gasteiger partial charge on any atom is -0.337 e. The van der Waals surface area contributed by atoms with Crippen molar-refractivity contribution >= 4 is 16.7 Å². The second kappa shape index (κ2) is 8.84. The van der Waals surface area contributed by atoms with Crippen molar-refractivity contribution in [2.24, 2.45) is 0 Å². The number of benzene rings is 3. The zero-order valence-electron chi connectivity index (χ0n) is 18.5. The summed E-state index contributed by atoms with van der Waals surface area (Å²) in [7, 11) is 2.03. The maximum absolute atomic E-state index is 13.6. The molecule has 2 atom stereocenters. The zero-order valence-corrected chi connectivity index (χ0v) is 18.5. The molecule has 5 rings (SSSR count). The van der Waals surface area contributed by atoms with Crippen molar-refractivity contribution in [1.29, 1.82) is 0 Å². The number of amides is 1. The van der Waals surface area contributed by atoms with Gasteiger partial charge in [-0.3, -0.25) is 9.69 Å². The summed E-state index contributed by atoms with van der Waals surface area (Å²) in [5.74, 6) is 0.210. The molecule has 0 spiro atoms. The Labute approximate surface area is 185 Å². The topological polar surface area (TPSA) is 23.6 Å². The lowest BCUT2D eigenvalue weighted by Gasteiger charge is -2.39. The van der Waals surface area contributed by atoms with Crippen molar-refractivity contribution in [1.82, 2.24) is 9.80 Å². The van der Waals surface area contributed by atoms with Gasteiger partial charge in [-0.1, -0.05) is 66.7 Å². The summed E-state index contributed by atoms with van der Waals surface area (Å²) in [6.45, 7) is 2.32. The van der Waals surface area contributed by atoms with Crippen LogP contribution in [0.5, 0.6) is 0 Å². The number of carbonyl (C=O) groups excluding carboxylic acids is 1. The molecule has 1 saturated heterocycles. The minimum atomic E-state index is 0.124. The van der Waals surface area contributed by atoms with Crippen molar-refractivity contribution in [3.63, 3.8) is 0 Å². The molecule has 3 heteroatoms. The first-order valence-corrected chi connectivity index (χ1v) is 11.8. The Morgan fingerprint density at radius 2 is 1.68 bits per heavy atom. The van der Waals surface area contributed by atoms with Crippen molar-refractivity contribution in [3.05, 3.63) is 83.4 Å². The molecule has 3 nitrogen and oxygen atoms in total. The Morgan fingerprint density at radius 3 is 2.55 bits per heavy atom. The zero-order chi connectivity index (χ0) is 21.2. The molecular weight excluding hydrogens is 380 g/mol. The van der Waals surface area contributed by atoms with Crippen LogP contribution in [0.2, 0.25) is 0 Å². The van der Waals surface area contributed by atoms with Crippen molar-refractivity contribution in [2.45, 2.75) is 50.6 Å². The number of likely N-dealkylation sites (tertiary alicyclic amines) is 1. The Morgan fingerprint density at radius 1 is 0.935 bits per heavy atom. The highest BCUT2D eigenvalue weighted by molar-refractivity contribution is 5.90. The molecule has 31 heavy (non-hydrogen) atoms. The molecule has 0 saturated carbocycles. The van der Waals surface area contributed by atoms with E-state index in [0.29, 0.717) is 12.5 Å². The van der Waals surface area contributed by atoms with Crippen LogP contribution in [0, 0.1) is 0 Å². The van der Waals surface area contributed by atoms with Gasteiger partial charge in [-0.25, -0.2) is 0 Å². The van der Waals surface area contributed by atoms with Gasteiger partial charge in [-0.05, 0) is 72.7 Å². The molecule has 0 bridgehead atoms. The summed E-state index contributed by atoms with van der Waals surface area (Å²) in [4.78, 5) is 18.4. The van der Waals surface area contributed by atoms with E-state index in [1.807, 2.05) is 7.05 Å². The Bertz CT molecular complexity index is 1060. The fraction of sp³-hybridized carbons (Fsp3) is 0.393. The van der Waals surface area contributed by atoms with Crippen molar-refractivity contribution in [2.75, 3.05) is 20.1 Å². The summed E-state index contributed by atoms with van der Waals surface area (Å²) in [6, 6.07) is 24.0. The Kier molecular flexibility index (Phi) is 5.78. The van der Waals surface area contributed by atoms with Crippen LogP contribution < -0.4 is 0 Å². The second-order valence-corrected chi connectivity index (χ2v) is 9.17. The first-order valence-electron chi connectivity index (χ1n) is 11.8. The number of carbonyl (C=O) groups is 1. The summed E-state index contributed by atoms with van der Waals surface area (Å²) in [5, 5.41) is 2.38. The predicted molar refractivity (Wildman–Crippen MR) is 127 cm³/mol. The third-order valence-corrected chi connectivity index (χ3v) is 7.33. The van der Waals surface area contributed by atoms with Gasteiger partial charge in [0.15, 0.2) is 0 Å². The van der Waals surface area contributed by atoms with E-state index in [1.165, 1.54) is 41.2 Å². The number of aryl methyl sites for hydroxylation is 1. The van der Waals surface area contributed by atoms with Crippen LogP contribution in [-0.2, 0) is 17.6 Å². The highest BCUT2D eigenvalue weighted by atomic mass is 16.2. The van der Waals surface area contributed by atoms with Gasteiger partial charge in [0.2, 0.25) is 5.91 Å². The molecule has 1 aliphatic carbocycles. The standard InChI is InChI=1S/C28H32N2O/c1-29(27(31)20-23-14-8-12-21-10-2-4-15-24(21)23)28-25-16-5-3-11-22(25)13-9-17-26(28)30-18-6-7-19-30/h2-5,8,10-12,14-16,26,28H,6-7,9,13,17-20H2,1H3/t26-,28-/m1/s1. The number of fused-ring (bicyclic) bond motifs is 2. The third-order valence-electron chi connectivity index (χ3n) is 7.33. The number of rotatable bonds is 4. The van der Waals surface area contributed by atoms with Gasteiger partial charge in [-0.15, -0.1) is 0 Å². The van der Waals surface area contributed by atoms with E-state index in [9.17, 15) is 4.79 Å². The molecule has 1 fully saturated rings. The van der Waals surface area contributed by atoms with Crippen LogP contribution in [0.1, 0.15) is 48.4 Å². The van der Waals surface area contributed by atoms with E-state index in [0.717, 1.165) is 31.5 Å². The van der Waals surface area contributed by atoms with E-state index >= 15 is 0 Å². The summed E-state index contributed by atoms with van der Waals surface area (Å²) in [6.07, 6.45) is 6.47. The molecule has 0 unspecified atom stereocenters. The van der Waals surface area contributed by atoms with Crippen LogP contribution in [0.25, 0.3) is 10.8 Å². The quantitative estimate of drug-likeness (QED) is 0.537. The second-order valence-electron chi connectivity index (χ2n) is 9.17. The average molecular weight is 413 g/mol. The molecule has 1 aliphatic heterocycles. The van der Waals surface area contributed by atoms with Gasteiger partial charge in [0.1, 0.15) is 0 Å². The Balaban J connectivity index is 1.48. The average Bonchev–Trinajstić information content (AvgIpc) is 3.27. The van der Waals surface area contributed by atoms with Gasteiger partial charge in [0, 0.05) is 13.1 Å². The number of likely N-dealkylation sites (N-methyl/N-ethyl adjacent to an activating group) is 1. The summed E-state index contributed by atoms with van der Waals surface area (Å²) in [5.41, 5.74) is 3.89. The molecule has 0 aromatic heterocycles. The maximum atomic E-state index is 13.6. The molecule has 3 aromatic rings. The SMILES string of the molecule is CN(C(=O)Cc1cccc2ccccc12)[C@@H]1c2ccccc2CCC[C@H]1N1CCCC1. The maximum Gasteiger partial charge on any atom is 0.227 e. The van der Waals surface area contributed by atoms with E-state index in [1.54, 1.807) is 0 Å². The Hall–Kier alpha value is -2.65. The number of hydrogen-bond donors (Lipinski definition) is 0. The van der Waals surface area contributed by atoms with Gasteiger partial charge in [-0.2, -0.15) is 0 Å². The van der Waals surface area contributed by atoms with Gasteiger partial charge < -0.3 is 4.90 Å². The van der Waals surface area contributed by atoms with E-state index in [-0.39, 0.29) is 11.9 Å². The molecule has 0 N–H and O–H groups in total. The molecule has 1 amide bonds. The summed E-state index contributed by atoms with van der Waals surface area (Å²) < 4.78 is 0. The molecule has 1 heterocycles. The molecule has 160 valence electrons. The van der Waals surface area contributed by atoms with E-state index in [2.05, 4.69) is 76.5 Å². The normalized spacial score (nSPS) is 21.6. The molecule has 3 aromatic carbocycles. The highest BCUT2D eigenvalue weighted by Crippen LogP contribution is 2.37. The van der Waals surface area contributed by atoms with Crippen LogP contribution in [0.3, 0.4) is 0 Å². The van der Waals surface area contributed by atoms with Crippen LogP contribution in [-0.4, -0.2) is 41.9 Å². The predicted octanol–water partition coefficient (Wildman–Crippen LogP) is 5.38. The van der Waals surface area contributed by atoms with Gasteiger partial charge >= 0.3 is 0 Å². The molecule has 0 radical (unpaired) electrons. The van der Waals surface area contributed by atoms with Gasteiger partial charge in [0.25, 0.3) is 0 Å². The molecular formula is C28H32N2O. The van der Waals surface area contributed by atoms with Crippen LogP contribution >= 0.6 is 0 Å². The monoisotopic (exact) mass is 412 g/mol. The van der Waals surface area contributed by atoms with E-state index in [4.69, 9.17) is 0 Å². The smallest absolute Gasteiger partial charge is 0.227 e. The fourth-order valence-corrected chi connectivity index (χ4v) is 5.73. The third kappa shape index (κ3) is 3.99. The van der Waals surface area contributed by atoms with Crippen LogP contribution in [0.4, 0.5) is 0 Å². The lowest BCUT2D eigenvalue weighted by molar-refractivity contribution is -0.132. The molecule has 2 aliphatic rings. The minimum absolute atomic E-state index is 0.124. The fourth-order valence-electron chi connectivity index (χ4n) is 5.73. The lowest BCUT2D eigenvalue weighted by Crippen LogP contribution is -2.46. The largest absolute Gasteiger partial charge is 0.337 e. The van der Waals surface area contributed by atoms with Crippen molar-refractivity contribution in [3.8, 4) is 0 Å². The number of hydrogen-bond acceptors (Lipinski definition) is 2. The number of nitrogens with zero attached hydrogens (tertiary/aromatic N) is 2. The first-order chi connectivity index (χ1) is 15.2.